The van der Waals surface area contributed by atoms with Gasteiger partial charge in [0.25, 0.3) is 0 Å². The predicted molar refractivity (Wildman–Crippen MR) is 518 cm³/mol. The molecule has 3 saturated heterocycles. The molecule has 27 N–H and O–H groups in total. The Morgan fingerprint density at radius 3 is 1.18 bits per heavy atom. The van der Waals surface area contributed by atoms with E-state index in [0.29, 0.717) is 52.4 Å². The fourth-order valence-electron chi connectivity index (χ4n) is 17.1. The number of likely N-dealkylation sites (tertiary alicyclic amines) is 3. The number of nitrogens with zero attached hydrogens (tertiary/aromatic N) is 3. The summed E-state index contributed by atoms with van der Waals surface area (Å²) in [5, 5.41) is 42.2. The quantitative estimate of drug-likeness (QED) is 0.0130. The second kappa shape index (κ2) is 53.2. The number of amides is 19. The summed E-state index contributed by atoms with van der Waals surface area (Å²) in [6.45, 7) is 5.14. The Morgan fingerprint density at radius 2 is 0.729 bits per heavy atom. The van der Waals surface area contributed by atoms with Crippen molar-refractivity contribution in [2.24, 2.45) is 40.3 Å². The molecule has 140 heavy (non-hydrogen) atoms. The van der Waals surface area contributed by atoms with Crippen molar-refractivity contribution in [3.05, 3.63) is 144 Å². The summed E-state index contributed by atoms with van der Waals surface area (Å²) in [4.78, 5) is 291. The number of carbonyl (C=O) groups is 20. The van der Waals surface area contributed by atoms with E-state index in [2.05, 4.69) is 99.0 Å². The maximum atomic E-state index is 15.3. The van der Waals surface area contributed by atoms with Crippen molar-refractivity contribution in [3.63, 3.8) is 0 Å². The standard InChI is InChI=1S/C94H127N23O21S2/c1-50(2)39-63(106-87(130)68(45-78(100)121)111-88(131)70(48-139)113-90(133)72-28-16-36-115(72)91(134)69(112-79(122)51(3)96)43-55-47-102-59-26-13-11-24-57(55)59)82(125)107-64(40-52-19-6-4-7-20-52)83(126)103-60(27-14-15-35-95)80(123)110-67(44-77(99)120)86(129)104-61(31-33-75(97)118)81(124)109-66(42-54-46-101-58-25-12-10-23-56(54)58)85(128)108-65(41-53-21-8-5-9-22-53)84(127)114-71(49-140)92(135)117-38-18-30-74(117)93(136)116-37-17-29-73(116)89(132)105-62(94(137)138)32-34-76(98)119/h4-13,19-26,46-47,50-51,60-74,101-102,139-140H,14-18,27-45,48-49,95-96H2,1-3H3,(H2,97,118)(H2,98,119)(H2,99,120)(H2,100,121)(H,103,126)(H,104,129)(H,105,132)(H,106,130)(H,107,125)(H,108,128)(H,109,124)(H,110,123)(H,111,131)(H,112,122)(H,113,133)(H,114,127)(H,137,138)/t51-,60-,61-,62-,63-,64-,65-,66-,67-,68-,69-,70-,71-,72-,73-,74-/m0/s1. The number of carboxylic acid groups (broad SMARTS) is 1. The summed E-state index contributed by atoms with van der Waals surface area (Å²) >= 11 is 8.78. The number of hydrogen-bond acceptors (Lipinski definition) is 24. The van der Waals surface area contributed by atoms with Crippen LogP contribution in [0.5, 0.6) is 0 Å². The number of fused-ring (bicyclic) bond motifs is 2. The fourth-order valence-corrected chi connectivity index (χ4v) is 17.6. The van der Waals surface area contributed by atoms with Gasteiger partial charge in [-0.1, -0.05) is 111 Å². The van der Waals surface area contributed by atoms with E-state index < -0.39 is 252 Å². The number of aliphatic carboxylic acids is 1. The molecule has 756 valence electrons. The largest absolute Gasteiger partial charge is 0.480 e. The first kappa shape index (κ1) is 110. The van der Waals surface area contributed by atoms with Crippen molar-refractivity contribution in [1.29, 1.82) is 0 Å². The van der Waals surface area contributed by atoms with E-state index in [9.17, 15) is 86.6 Å². The monoisotopic (exact) mass is 1980 g/mol. The van der Waals surface area contributed by atoms with Crippen LogP contribution >= 0.6 is 25.3 Å². The molecular formula is C94H127N23O21S2. The molecule has 3 aliphatic rings. The summed E-state index contributed by atoms with van der Waals surface area (Å²) in [6, 6.07) is 6.97. The zero-order chi connectivity index (χ0) is 102. The maximum Gasteiger partial charge on any atom is 0.326 e. The zero-order valence-corrected chi connectivity index (χ0v) is 79.8. The minimum absolute atomic E-state index is 0.0151. The van der Waals surface area contributed by atoms with Crippen LogP contribution in [0.1, 0.15) is 146 Å². The molecular weight excluding hydrogens is 1850 g/mol. The molecule has 0 bridgehead atoms. The minimum Gasteiger partial charge on any atom is -0.480 e. The van der Waals surface area contributed by atoms with Gasteiger partial charge in [-0.25, -0.2) is 4.79 Å². The van der Waals surface area contributed by atoms with Crippen molar-refractivity contribution in [1.82, 2.24) is 88.5 Å². The third kappa shape index (κ3) is 31.8. The van der Waals surface area contributed by atoms with Crippen molar-refractivity contribution in [2.75, 3.05) is 37.7 Å². The van der Waals surface area contributed by atoms with Crippen LogP contribution in [0.2, 0.25) is 0 Å². The van der Waals surface area contributed by atoms with Gasteiger partial charge in [-0.05, 0) is 131 Å². The van der Waals surface area contributed by atoms with Gasteiger partial charge in [-0.2, -0.15) is 25.3 Å². The van der Waals surface area contributed by atoms with Crippen molar-refractivity contribution >= 4 is 165 Å². The fraction of sp³-hybridized carbons (Fsp3) is 0.489. The molecule has 0 saturated carbocycles. The highest BCUT2D eigenvalue weighted by molar-refractivity contribution is 7.80. The predicted octanol–water partition coefficient (Wildman–Crippen LogP) is -3.54. The lowest BCUT2D eigenvalue weighted by atomic mass is 10.00. The van der Waals surface area contributed by atoms with Crippen LogP contribution in [0, 0.1) is 5.92 Å². The van der Waals surface area contributed by atoms with Crippen LogP contribution < -0.4 is 98.2 Å². The highest BCUT2D eigenvalue weighted by Crippen LogP contribution is 2.29. The third-order valence-corrected chi connectivity index (χ3v) is 25.1. The van der Waals surface area contributed by atoms with Gasteiger partial charge >= 0.3 is 5.97 Å². The van der Waals surface area contributed by atoms with E-state index in [4.69, 9.17) is 34.4 Å². The Bertz CT molecular complexity index is 5450. The number of aromatic amines is 2. The summed E-state index contributed by atoms with van der Waals surface area (Å²) in [7, 11) is 0. The molecule has 19 amide bonds. The molecule has 6 aromatic rings. The molecule has 44 nitrogen and oxygen atoms in total. The van der Waals surface area contributed by atoms with E-state index in [1.807, 2.05) is 24.3 Å². The molecule has 0 aliphatic carbocycles. The molecule has 4 aromatic carbocycles. The smallest absolute Gasteiger partial charge is 0.326 e. The van der Waals surface area contributed by atoms with E-state index in [-0.39, 0.29) is 115 Å². The highest BCUT2D eigenvalue weighted by Gasteiger charge is 2.47. The topological polar surface area (TPSA) is 703 Å². The number of nitrogens with two attached hydrogens (primary N) is 6. The lowest BCUT2D eigenvalue weighted by molar-refractivity contribution is -0.148. The second-order valence-corrected chi connectivity index (χ2v) is 36.3. The van der Waals surface area contributed by atoms with E-state index in [0.717, 1.165) is 10.9 Å². The highest BCUT2D eigenvalue weighted by atomic mass is 32.1. The Hall–Kier alpha value is -14.0. The molecule has 2 aromatic heterocycles. The van der Waals surface area contributed by atoms with E-state index >= 15 is 14.4 Å². The van der Waals surface area contributed by atoms with Crippen molar-refractivity contribution < 1.29 is 101 Å². The summed E-state index contributed by atoms with van der Waals surface area (Å²) < 4.78 is 0. The maximum absolute atomic E-state index is 15.3. The van der Waals surface area contributed by atoms with Gasteiger partial charge in [0.2, 0.25) is 112 Å². The van der Waals surface area contributed by atoms with Gasteiger partial charge in [-0.15, -0.1) is 0 Å². The summed E-state index contributed by atoms with van der Waals surface area (Å²) in [6.07, 6.45) is 0.244. The second-order valence-electron chi connectivity index (χ2n) is 35.6. The molecule has 46 heteroatoms. The van der Waals surface area contributed by atoms with Gasteiger partial charge in [0.15, 0.2) is 0 Å². The number of carboxylic acids is 1. The normalized spacial score (nSPS) is 17.3. The number of para-hydroxylation sites is 2. The van der Waals surface area contributed by atoms with Crippen LogP contribution in [-0.4, -0.2) is 282 Å². The minimum atomic E-state index is -1.99. The average molecular weight is 1980 g/mol. The van der Waals surface area contributed by atoms with Crippen molar-refractivity contribution in [3.8, 4) is 0 Å². The van der Waals surface area contributed by atoms with Crippen LogP contribution in [0.25, 0.3) is 21.8 Å². The number of carbonyl (C=O) groups excluding carboxylic acids is 19. The molecule has 0 unspecified atom stereocenters. The molecule has 0 spiro atoms. The first-order valence-corrected chi connectivity index (χ1v) is 47.8. The molecule has 0 radical (unpaired) electrons. The Kier molecular flexibility index (Phi) is 41.7. The van der Waals surface area contributed by atoms with E-state index in [1.165, 1.54) is 21.6 Å². The lowest BCUT2D eigenvalue weighted by Gasteiger charge is -2.33. The van der Waals surface area contributed by atoms with Crippen LogP contribution in [0.3, 0.4) is 0 Å². The van der Waals surface area contributed by atoms with Gasteiger partial charge in [-0.3, -0.25) is 91.1 Å². The lowest BCUT2D eigenvalue weighted by Crippen LogP contribution is -2.62. The number of aromatic nitrogens is 2. The average Bonchev–Trinajstić information content (AvgIpc) is 1.64. The first-order chi connectivity index (χ1) is 66.8. The molecule has 3 aliphatic heterocycles. The molecule has 9 rings (SSSR count). The Labute approximate surface area is 818 Å². The number of nitrogens with one attached hydrogen (secondary N) is 14. The third-order valence-electron chi connectivity index (χ3n) is 24.4. The Morgan fingerprint density at radius 1 is 0.379 bits per heavy atom. The number of H-pyrrole nitrogens is 2. The first-order valence-electron chi connectivity index (χ1n) is 46.5. The molecule has 16 atom stereocenters. The van der Waals surface area contributed by atoms with Gasteiger partial charge < -0.3 is 128 Å². The molecule has 5 heterocycles. The van der Waals surface area contributed by atoms with Gasteiger partial charge in [0.05, 0.1) is 18.9 Å². The van der Waals surface area contributed by atoms with Crippen LogP contribution in [0.15, 0.2) is 122 Å². The number of unbranched alkanes of at least 4 members (excludes halogenated alkanes) is 1. The number of thiol groups is 2. The number of rotatable bonds is 54. The number of hydrogen-bond donors (Lipinski definition) is 23. The molecule has 3 fully saturated rings. The number of benzene rings is 4. The van der Waals surface area contributed by atoms with Crippen LogP contribution in [-0.2, 0) is 122 Å². The van der Waals surface area contributed by atoms with Crippen molar-refractivity contribution in [2.45, 2.75) is 246 Å². The van der Waals surface area contributed by atoms with Crippen LogP contribution in [0.4, 0.5) is 0 Å². The summed E-state index contributed by atoms with van der Waals surface area (Å²) in [5.74, 6) is -20.4. The van der Waals surface area contributed by atoms with E-state index in [1.54, 1.807) is 111 Å². The SMILES string of the molecule is CC(C)C[C@H](NC(=O)[C@H](CC(N)=O)NC(=O)[C@H](CS)NC(=O)[C@@H]1CCCN1C(=O)[C@H](Cc1c[nH]c2ccccc12)NC(=O)[C@H](C)N)C(=O)N[C@@H](Cc1ccccc1)C(=O)N[C@@H](CCCCN)C(=O)N[C@@H](CC(N)=O)C(=O)N[C@@H](CCC(N)=O)C(=O)N[C@@H](Cc1c[nH]c2ccccc12)C(=O)N[C@@H](Cc1ccccc1)C(=O)N[C@@H](CS)C(=O)N1CCC[C@H]1C(=O)N1CCC[C@H]1C(=O)N[C@@H](CCC(N)=O)C(=O)O. The number of primary amides is 4. The zero-order valence-electron chi connectivity index (χ0n) is 78.1. The van der Waals surface area contributed by atoms with Gasteiger partial charge in [0.1, 0.15) is 90.6 Å². The Balaban J connectivity index is 0.904. The van der Waals surface area contributed by atoms with Gasteiger partial charge in [0, 0.05) is 104 Å². The summed E-state index contributed by atoms with van der Waals surface area (Å²) in [5.41, 5.74) is 37.6.